The standard InChI is InChI=1S/C16H28N2OS/c1-14(8-11-20-4)18(3)9-10-19-16-7-5-6-15(12-16)13-17-2/h5-7,12,14,17H,8-11,13H2,1-4H3. The molecule has 114 valence electrons. The zero-order valence-corrected chi connectivity index (χ0v) is 14.0. The van der Waals surface area contributed by atoms with Crippen LogP contribution in [0.1, 0.15) is 18.9 Å². The van der Waals surface area contributed by atoms with Gasteiger partial charge in [0.15, 0.2) is 0 Å². The number of benzene rings is 1. The lowest BCUT2D eigenvalue weighted by Gasteiger charge is -2.24. The highest BCUT2D eigenvalue weighted by Gasteiger charge is 2.08. The van der Waals surface area contributed by atoms with Crippen LogP contribution in [0, 0.1) is 0 Å². The summed E-state index contributed by atoms with van der Waals surface area (Å²) < 4.78 is 5.84. The molecule has 0 saturated carbocycles. The molecule has 1 unspecified atom stereocenters. The summed E-state index contributed by atoms with van der Waals surface area (Å²) in [6.07, 6.45) is 3.39. The number of hydrogen-bond donors (Lipinski definition) is 1. The Labute approximate surface area is 128 Å². The van der Waals surface area contributed by atoms with Gasteiger partial charge in [0.25, 0.3) is 0 Å². The first-order valence-corrected chi connectivity index (χ1v) is 8.62. The number of ether oxygens (including phenoxy) is 1. The van der Waals surface area contributed by atoms with E-state index >= 15 is 0 Å². The second-order valence-corrected chi connectivity index (χ2v) is 6.12. The summed E-state index contributed by atoms with van der Waals surface area (Å²) in [7, 11) is 4.13. The molecular weight excluding hydrogens is 268 g/mol. The minimum absolute atomic E-state index is 0.613. The number of hydrogen-bond acceptors (Lipinski definition) is 4. The molecule has 20 heavy (non-hydrogen) atoms. The quantitative estimate of drug-likeness (QED) is 0.717. The Hall–Kier alpha value is -0.710. The van der Waals surface area contributed by atoms with Crippen LogP contribution in [0.4, 0.5) is 0 Å². The normalized spacial score (nSPS) is 12.7. The van der Waals surface area contributed by atoms with Crippen molar-refractivity contribution in [3.8, 4) is 5.75 Å². The van der Waals surface area contributed by atoms with E-state index in [1.165, 1.54) is 17.7 Å². The van der Waals surface area contributed by atoms with E-state index < -0.39 is 0 Å². The third-order valence-electron chi connectivity index (χ3n) is 3.48. The predicted molar refractivity (Wildman–Crippen MR) is 89.8 cm³/mol. The van der Waals surface area contributed by atoms with Gasteiger partial charge in [0, 0.05) is 19.1 Å². The van der Waals surface area contributed by atoms with Crippen LogP contribution < -0.4 is 10.1 Å². The maximum absolute atomic E-state index is 5.84. The molecule has 1 aromatic rings. The average molecular weight is 296 g/mol. The molecule has 0 fully saturated rings. The molecule has 1 rings (SSSR count). The van der Waals surface area contributed by atoms with Crippen LogP contribution in [0.15, 0.2) is 24.3 Å². The fourth-order valence-electron chi connectivity index (χ4n) is 1.99. The van der Waals surface area contributed by atoms with Crippen LogP contribution in [-0.4, -0.2) is 50.2 Å². The maximum atomic E-state index is 5.84. The van der Waals surface area contributed by atoms with Crippen LogP contribution in [0.5, 0.6) is 5.75 Å². The minimum Gasteiger partial charge on any atom is -0.492 e. The lowest BCUT2D eigenvalue weighted by atomic mass is 10.2. The van der Waals surface area contributed by atoms with Gasteiger partial charge in [0.2, 0.25) is 0 Å². The van der Waals surface area contributed by atoms with E-state index in [9.17, 15) is 0 Å². The van der Waals surface area contributed by atoms with Gasteiger partial charge in [-0.25, -0.2) is 0 Å². The first kappa shape index (κ1) is 17.3. The number of likely N-dealkylation sites (N-methyl/N-ethyl adjacent to an activating group) is 1. The molecule has 0 amide bonds. The van der Waals surface area contributed by atoms with Crippen molar-refractivity contribution in [3.05, 3.63) is 29.8 Å². The molecule has 0 aliphatic heterocycles. The second kappa shape index (κ2) is 10.1. The molecule has 0 saturated heterocycles. The Bertz CT molecular complexity index is 373. The van der Waals surface area contributed by atoms with Crippen molar-refractivity contribution >= 4 is 11.8 Å². The molecule has 0 radical (unpaired) electrons. The minimum atomic E-state index is 0.613. The summed E-state index contributed by atoms with van der Waals surface area (Å²) in [6, 6.07) is 8.90. The van der Waals surface area contributed by atoms with Gasteiger partial charge >= 0.3 is 0 Å². The number of nitrogens with one attached hydrogen (secondary N) is 1. The van der Waals surface area contributed by atoms with Crippen molar-refractivity contribution in [2.45, 2.75) is 25.9 Å². The van der Waals surface area contributed by atoms with Crippen LogP contribution >= 0.6 is 11.8 Å². The van der Waals surface area contributed by atoms with Gasteiger partial charge in [-0.2, -0.15) is 11.8 Å². The summed E-state index contributed by atoms with van der Waals surface area (Å²) in [4.78, 5) is 2.37. The molecule has 0 aromatic heterocycles. The Balaban J connectivity index is 2.30. The third kappa shape index (κ3) is 6.64. The van der Waals surface area contributed by atoms with Crippen molar-refractivity contribution < 1.29 is 4.74 Å². The first-order chi connectivity index (χ1) is 9.67. The second-order valence-electron chi connectivity index (χ2n) is 5.14. The third-order valence-corrected chi connectivity index (χ3v) is 4.13. The Kier molecular flexibility index (Phi) is 8.74. The highest BCUT2D eigenvalue weighted by molar-refractivity contribution is 7.98. The van der Waals surface area contributed by atoms with E-state index in [4.69, 9.17) is 4.74 Å². The molecule has 3 nitrogen and oxygen atoms in total. The van der Waals surface area contributed by atoms with Gasteiger partial charge < -0.3 is 15.0 Å². The van der Waals surface area contributed by atoms with E-state index in [1.54, 1.807) is 0 Å². The van der Waals surface area contributed by atoms with Crippen LogP contribution in [0.3, 0.4) is 0 Å². The first-order valence-electron chi connectivity index (χ1n) is 7.23. The van der Waals surface area contributed by atoms with Gasteiger partial charge in [-0.3, -0.25) is 0 Å². The van der Waals surface area contributed by atoms with Crippen molar-refractivity contribution in [1.29, 1.82) is 0 Å². The molecule has 4 heteroatoms. The van der Waals surface area contributed by atoms with Crippen molar-refractivity contribution in [3.63, 3.8) is 0 Å². The monoisotopic (exact) mass is 296 g/mol. The van der Waals surface area contributed by atoms with Crippen LogP contribution in [0.2, 0.25) is 0 Å². The Morgan fingerprint density at radius 3 is 2.90 bits per heavy atom. The van der Waals surface area contributed by atoms with Gasteiger partial charge in [-0.05, 0) is 57.1 Å². The SMILES string of the molecule is CNCc1cccc(OCCN(C)C(C)CCSC)c1. The molecule has 0 spiro atoms. The van der Waals surface area contributed by atoms with E-state index in [0.29, 0.717) is 6.04 Å². The molecule has 0 bridgehead atoms. The Morgan fingerprint density at radius 2 is 2.20 bits per heavy atom. The van der Waals surface area contributed by atoms with Crippen molar-refractivity contribution in [2.24, 2.45) is 0 Å². The van der Waals surface area contributed by atoms with E-state index in [1.807, 2.05) is 30.9 Å². The smallest absolute Gasteiger partial charge is 0.119 e. The topological polar surface area (TPSA) is 24.5 Å². The summed E-state index contributed by atoms with van der Waals surface area (Å²) in [6.45, 7) is 4.86. The molecule has 0 aliphatic carbocycles. The zero-order chi connectivity index (χ0) is 14.8. The Morgan fingerprint density at radius 1 is 1.40 bits per heavy atom. The summed E-state index contributed by atoms with van der Waals surface area (Å²) in [5.74, 6) is 2.18. The van der Waals surface area contributed by atoms with E-state index in [-0.39, 0.29) is 0 Å². The fourth-order valence-corrected chi connectivity index (χ4v) is 2.56. The van der Waals surface area contributed by atoms with E-state index in [0.717, 1.165) is 25.4 Å². The molecule has 1 N–H and O–H groups in total. The number of thioether (sulfide) groups is 1. The molecular formula is C16H28N2OS. The lowest BCUT2D eigenvalue weighted by molar-refractivity contribution is 0.197. The van der Waals surface area contributed by atoms with Crippen molar-refractivity contribution in [2.75, 3.05) is 39.3 Å². The highest BCUT2D eigenvalue weighted by atomic mass is 32.2. The molecule has 1 aromatic carbocycles. The van der Waals surface area contributed by atoms with Gasteiger partial charge in [0.1, 0.15) is 12.4 Å². The van der Waals surface area contributed by atoms with Crippen LogP contribution in [-0.2, 0) is 6.54 Å². The van der Waals surface area contributed by atoms with Gasteiger partial charge in [-0.1, -0.05) is 12.1 Å². The molecule has 0 heterocycles. The average Bonchev–Trinajstić information content (AvgIpc) is 2.45. The summed E-state index contributed by atoms with van der Waals surface area (Å²) in [5.41, 5.74) is 1.26. The molecule has 0 aliphatic rings. The zero-order valence-electron chi connectivity index (χ0n) is 13.2. The highest BCUT2D eigenvalue weighted by Crippen LogP contribution is 2.13. The van der Waals surface area contributed by atoms with Crippen molar-refractivity contribution in [1.82, 2.24) is 10.2 Å². The largest absolute Gasteiger partial charge is 0.492 e. The van der Waals surface area contributed by atoms with E-state index in [2.05, 4.69) is 42.6 Å². The lowest BCUT2D eigenvalue weighted by Crippen LogP contribution is -2.33. The maximum Gasteiger partial charge on any atom is 0.119 e. The summed E-state index contributed by atoms with van der Waals surface area (Å²) in [5, 5.41) is 3.15. The fraction of sp³-hybridized carbons (Fsp3) is 0.625. The van der Waals surface area contributed by atoms with Gasteiger partial charge in [-0.15, -0.1) is 0 Å². The molecule has 1 atom stereocenters. The van der Waals surface area contributed by atoms with Gasteiger partial charge in [0.05, 0.1) is 0 Å². The predicted octanol–water partition coefficient (Wildman–Crippen LogP) is 2.86. The number of nitrogens with zero attached hydrogens (tertiary/aromatic N) is 1. The summed E-state index contributed by atoms with van der Waals surface area (Å²) >= 11 is 1.91. The van der Waals surface area contributed by atoms with Crippen LogP contribution in [0.25, 0.3) is 0 Å². The number of rotatable bonds is 10.